The molecule has 2 aromatic rings. The van der Waals surface area contributed by atoms with Crippen molar-refractivity contribution in [3.63, 3.8) is 0 Å². The second kappa shape index (κ2) is 18.5. The highest BCUT2D eigenvalue weighted by molar-refractivity contribution is 7.89. The van der Waals surface area contributed by atoms with Gasteiger partial charge in [-0.3, -0.25) is 4.79 Å². The smallest absolute Gasteiger partial charge is 0.407 e. The maximum atomic E-state index is 14.2. The van der Waals surface area contributed by atoms with Gasteiger partial charge in [-0.2, -0.15) is 4.31 Å². The second-order valence-electron chi connectivity index (χ2n) is 13.5. The largest absolute Gasteiger partial charge is 0.497 e. The van der Waals surface area contributed by atoms with E-state index in [2.05, 4.69) is 21.3 Å². The van der Waals surface area contributed by atoms with Crippen LogP contribution in [0.25, 0.3) is 0 Å². The van der Waals surface area contributed by atoms with E-state index in [1.54, 1.807) is 12.1 Å². The van der Waals surface area contributed by atoms with Crippen molar-refractivity contribution in [2.75, 3.05) is 53.6 Å². The number of aliphatic hydroxyl groups excluding tert-OH is 1. The average molecular weight is 734 g/mol. The number of carbonyl (C=O) groups is 3. The number of hydrogen-bond donors (Lipinski definition) is 5. The number of fused-ring (bicyclic) bond motifs is 1. The SMILES string of the molecule is CNC(=O)CNC(=O)NCCCC(C)(C)CN(C[C@H](O)[C@H](Cc1ccccc1)NC(=O)O[C@@H]1CO[C@@H]2OCC[C@@H]21)S(=O)(=O)c1ccc(OC)cc1. The second-order valence-corrected chi connectivity index (χ2v) is 15.4. The Labute approximate surface area is 299 Å². The van der Waals surface area contributed by atoms with Crippen LogP contribution < -0.4 is 26.0 Å². The summed E-state index contributed by atoms with van der Waals surface area (Å²) in [5, 5.41) is 22.1. The number of likely N-dealkylation sites (N-methyl/N-ethyl adjacent to an activating group) is 1. The van der Waals surface area contributed by atoms with E-state index < -0.39 is 52.1 Å². The van der Waals surface area contributed by atoms with Crippen LogP contribution in [0.3, 0.4) is 0 Å². The van der Waals surface area contributed by atoms with Crippen molar-refractivity contribution in [1.29, 1.82) is 0 Å². The van der Waals surface area contributed by atoms with Gasteiger partial charge in [-0.25, -0.2) is 18.0 Å². The number of benzene rings is 2. The van der Waals surface area contributed by atoms with Crippen LogP contribution in [0, 0.1) is 11.3 Å². The Morgan fingerprint density at radius 3 is 2.47 bits per heavy atom. The van der Waals surface area contributed by atoms with Crippen molar-refractivity contribution in [2.24, 2.45) is 11.3 Å². The van der Waals surface area contributed by atoms with Crippen LogP contribution in [0.15, 0.2) is 59.5 Å². The van der Waals surface area contributed by atoms with Crippen LogP contribution in [0.2, 0.25) is 0 Å². The summed E-state index contributed by atoms with van der Waals surface area (Å²) in [4.78, 5) is 36.7. The number of rotatable bonds is 18. The molecule has 4 rings (SSSR count). The molecule has 5 atom stereocenters. The van der Waals surface area contributed by atoms with Gasteiger partial charge in [0.1, 0.15) is 11.9 Å². The minimum atomic E-state index is -4.15. The first-order valence-electron chi connectivity index (χ1n) is 17.1. The van der Waals surface area contributed by atoms with E-state index in [0.29, 0.717) is 38.2 Å². The van der Waals surface area contributed by atoms with Crippen LogP contribution in [0.5, 0.6) is 5.75 Å². The Morgan fingerprint density at radius 1 is 1.06 bits per heavy atom. The molecule has 5 N–H and O–H groups in total. The van der Waals surface area contributed by atoms with Crippen molar-refractivity contribution >= 4 is 28.1 Å². The molecule has 2 saturated heterocycles. The number of carbonyl (C=O) groups excluding carboxylic acids is 3. The normalized spacial score (nSPS) is 19.8. The molecule has 0 unspecified atom stereocenters. The number of nitrogens with zero attached hydrogens (tertiary/aromatic N) is 1. The third-order valence-corrected chi connectivity index (χ3v) is 10.8. The fourth-order valence-electron chi connectivity index (χ4n) is 6.14. The van der Waals surface area contributed by atoms with Gasteiger partial charge in [-0.05, 0) is 60.9 Å². The summed E-state index contributed by atoms with van der Waals surface area (Å²) in [5.41, 5.74) is 0.218. The average Bonchev–Trinajstić information content (AvgIpc) is 3.74. The lowest BCUT2D eigenvalue weighted by molar-refractivity contribution is -0.119. The topological polar surface area (TPSA) is 194 Å². The van der Waals surface area contributed by atoms with Gasteiger partial charge in [0.25, 0.3) is 0 Å². The fourth-order valence-corrected chi connectivity index (χ4v) is 7.79. The molecule has 0 saturated carbocycles. The first-order chi connectivity index (χ1) is 24.3. The summed E-state index contributed by atoms with van der Waals surface area (Å²) in [7, 11) is -1.19. The third kappa shape index (κ3) is 11.8. The molecule has 2 heterocycles. The zero-order valence-electron chi connectivity index (χ0n) is 29.6. The fraction of sp³-hybridized carbons (Fsp3) is 0.571. The van der Waals surface area contributed by atoms with Gasteiger partial charge < -0.3 is 45.3 Å². The van der Waals surface area contributed by atoms with Crippen LogP contribution in [-0.2, 0) is 35.4 Å². The number of aliphatic hydroxyl groups is 1. The maximum Gasteiger partial charge on any atom is 0.407 e. The lowest BCUT2D eigenvalue weighted by Crippen LogP contribution is -2.52. The van der Waals surface area contributed by atoms with Crippen molar-refractivity contribution in [3.8, 4) is 5.75 Å². The van der Waals surface area contributed by atoms with E-state index in [0.717, 1.165) is 5.56 Å². The van der Waals surface area contributed by atoms with Crippen LogP contribution >= 0.6 is 0 Å². The Morgan fingerprint density at radius 2 is 1.78 bits per heavy atom. The predicted octanol–water partition coefficient (Wildman–Crippen LogP) is 2.00. The quantitative estimate of drug-likeness (QED) is 0.142. The summed E-state index contributed by atoms with van der Waals surface area (Å²) < 4.78 is 51.7. The summed E-state index contributed by atoms with van der Waals surface area (Å²) >= 11 is 0. The van der Waals surface area contributed by atoms with Crippen molar-refractivity contribution in [2.45, 2.75) is 69.0 Å². The van der Waals surface area contributed by atoms with Gasteiger partial charge in [0.05, 0.1) is 49.8 Å². The molecule has 2 aliphatic heterocycles. The number of methoxy groups -OCH3 is 1. The standard InChI is InChI=1S/C35H51N5O10S/c1-35(2,16-8-17-37-33(43)38-20-31(42)36-3)23-40(51(45,46)26-13-11-25(47-4)12-14-26)21-29(41)28(19-24-9-6-5-7-10-24)39-34(44)50-30-22-49-32-27(30)15-18-48-32/h5-7,9-14,27-30,32,41H,8,15-23H2,1-4H3,(H,36,42)(H,39,44)(H2,37,38,43)/t27-,28+,29+,30-,32+/m1/s1. The number of urea groups is 1. The van der Waals surface area contributed by atoms with Gasteiger partial charge >= 0.3 is 12.1 Å². The minimum Gasteiger partial charge on any atom is -0.497 e. The minimum absolute atomic E-state index is 0.0160. The molecule has 0 bridgehead atoms. The number of ether oxygens (including phenoxy) is 4. The number of amides is 4. The number of nitrogens with one attached hydrogen (secondary N) is 4. The molecular formula is C35H51N5O10S. The van der Waals surface area contributed by atoms with Crippen molar-refractivity contribution < 1.29 is 46.9 Å². The van der Waals surface area contributed by atoms with E-state index in [4.69, 9.17) is 18.9 Å². The van der Waals surface area contributed by atoms with Crippen LogP contribution in [0.1, 0.15) is 38.7 Å². The first kappa shape index (κ1) is 39.8. The van der Waals surface area contributed by atoms with Gasteiger partial charge in [0.2, 0.25) is 15.9 Å². The first-order valence-corrected chi connectivity index (χ1v) is 18.5. The van der Waals surface area contributed by atoms with Gasteiger partial charge in [-0.15, -0.1) is 0 Å². The number of alkyl carbamates (subject to hydrolysis) is 1. The molecule has 282 valence electrons. The van der Waals surface area contributed by atoms with E-state index in [-0.39, 0.29) is 49.4 Å². The van der Waals surface area contributed by atoms with Crippen LogP contribution in [0.4, 0.5) is 9.59 Å². The third-order valence-electron chi connectivity index (χ3n) is 9.01. The summed E-state index contributed by atoms with van der Waals surface area (Å²) in [6.45, 7) is 4.36. The summed E-state index contributed by atoms with van der Waals surface area (Å²) in [6, 6.07) is 13.9. The molecule has 16 heteroatoms. The van der Waals surface area contributed by atoms with Crippen molar-refractivity contribution in [1.82, 2.24) is 25.6 Å². The van der Waals surface area contributed by atoms with E-state index in [1.807, 2.05) is 44.2 Å². The number of hydrogen-bond acceptors (Lipinski definition) is 10. The molecule has 2 fully saturated rings. The molecular weight excluding hydrogens is 682 g/mol. The van der Waals surface area contributed by atoms with Crippen molar-refractivity contribution in [3.05, 3.63) is 60.2 Å². The Hall–Kier alpha value is -3.96. The molecule has 2 aliphatic rings. The Balaban J connectivity index is 1.49. The zero-order chi connectivity index (χ0) is 37.0. The number of sulfonamides is 1. The van der Waals surface area contributed by atoms with E-state index in [9.17, 15) is 27.9 Å². The van der Waals surface area contributed by atoms with Crippen LogP contribution in [-0.4, -0.2) is 114 Å². The Bertz CT molecular complexity index is 1540. The molecule has 4 amide bonds. The Kier molecular flexibility index (Phi) is 14.4. The van der Waals surface area contributed by atoms with Gasteiger partial charge in [0.15, 0.2) is 6.29 Å². The highest BCUT2D eigenvalue weighted by atomic mass is 32.2. The molecule has 0 aliphatic carbocycles. The summed E-state index contributed by atoms with van der Waals surface area (Å²) in [6.07, 6.45) is -1.05. The lowest BCUT2D eigenvalue weighted by Gasteiger charge is -2.35. The monoisotopic (exact) mass is 733 g/mol. The molecule has 2 aromatic carbocycles. The zero-order valence-corrected chi connectivity index (χ0v) is 30.4. The highest BCUT2D eigenvalue weighted by Crippen LogP contribution is 2.33. The molecule has 0 spiro atoms. The maximum absolute atomic E-state index is 14.2. The molecule has 0 radical (unpaired) electrons. The van der Waals surface area contributed by atoms with Gasteiger partial charge in [-0.1, -0.05) is 44.2 Å². The summed E-state index contributed by atoms with van der Waals surface area (Å²) in [5.74, 6) is 0.0831. The molecule has 51 heavy (non-hydrogen) atoms. The highest BCUT2D eigenvalue weighted by Gasteiger charge is 2.44. The lowest BCUT2D eigenvalue weighted by atomic mass is 9.87. The van der Waals surface area contributed by atoms with Gasteiger partial charge in [0, 0.05) is 26.7 Å². The predicted molar refractivity (Wildman–Crippen MR) is 187 cm³/mol. The van der Waals surface area contributed by atoms with E-state index >= 15 is 0 Å². The van der Waals surface area contributed by atoms with E-state index in [1.165, 1.54) is 30.6 Å². The molecule has 15 nitrogen and oxygen atoms in total. The molecule has 0 aromatic heterocycles.